The molecule has 1 aromatic rings. The van der Waals surface area contributed by atoms with Crippen molar-refractivity contribution in [3.63, 3.8) is 0 Å². The van der Waals surface area contributed by atoms with Gasteiger partial charge >= 0.3 is 0 Å². The zero-order valence-electron chi connectivity index (χ0n) is 9.32. The van der Waals surface area contributed by atoms with Crippen LogP contribution in [0, 0.1) is 0 Å². The Labute approximate surface area is 104 Å². The predicted octanol–water partition coefficient (Wildman–Crippen LogP) is 2.02. The number of ether oxygens (including phenoxy) is 3. The van der Waals surface area contributed by atoms with Gasteiger partial charge in [0, 0.05) is 13.3 Å². The molecule has 0 aromatic carbocycles. The molecule has 0 unspecified atom stereocenters. The largest absolute Gasteiger partial charge is 0.382 e. The molecule has 0 N–H and O–H groups in total. The van der Waals surface area contributed by atoms with Gasteiger partial charge in [-0.05, 0) is 27.6 Å². The molecule has 0 aliphatic heterocycles. The number of nitrogens with zero attached hydrogens (tertiary/aromatic N) is 1. The standard InChI is InChI=1S/C11H16BrNO3/c1-14-4-5-15-6-7-16-9-10-2-3-11(12)13-8-10/h2-3,8H,4-7,9H2,1H3. The molecule has 4 nitrogen and oxygen atoms in total. The highest BCUT2D eigenvalue weighted by Gasteiger charge is 1.94. The van der Waals surface area contributed by atoms with Crippen LogP contribution in [0.5, 0.6) is 0 Å². The van der Waals surface area contributed by atoms with Crippen molar-refractivity contribution in [1.82, 2.24) is 4.98 Å². The van der Waals surface area contributed by atoms with Crippen molar-refractivity contribution in [2.45, 2.75) is 6.61 Å². The van der Waals surface area contributed by atoms with Gasteiger partial charge in [-0.15, -0.1) is 0 Å². The molecule has 1 heterocycles. The van der Waals surface area contributed by atoms with Crippen LogP contribution in [0.4, 0.5) is 0 Å². The van der Waals surface area contributed by atoms with Gasteiger partial charge in [-0.1, -0.05) is 6.07 Å². The molecule has 0 spiro atoms. The number of aromatic nitrogens is 1. The van der Waals surface area contributed by atoms with Gasteiger partial charge < -0.3 is 14.2 Å². The first-order valence-electron chi connectivity index (χ1n) is 5.08. The van der Waals surface area contributed by atoms with Crippen molar-refractivity contribution in [2.24, 2.45) is 0 Å². The summed E-state index contributed by atoms with van der Waals surface area (Å²) in [7, 11) is 1.65. The van der Waals surface area contributed by atoms with E-state index in [0.717, 1.165) is 10.2 Å². The van der Waals surface area contributed by atoms with Crippen molar-refractivity contribution in [3.05, 3.63) is 28.5 Å². The van der Waals surface area contributed by atoms with E-state index in [9.17, 15) is 0 Å². The Balaban J connectivity index is 2.01. The maximum Gasteiger partial charge on any atom is 0.106 e. The zero-order chi connectivity index (χ0) is 11.6. The minimum atomic E-state index is 0.563. The molecule has 1 rings (SSSR count). The van der Waals surface area contributed by atoms with E-state index in [0.29, 0.717) is 33.0 Å². The number of rotatable bonds is 8. The van der Waals surface area contributed by atoms with Crippen LogP contribution in [0.25, 0.3) is 0 Å². The second-order valence-corrected chi connectivity index (χ2v) is 3.96. The summed E-state index contributed by atoms with van der Waals surface area (Å²) in [6.07, 6.45) is 1.79. The number of hydrogen-bond donors (Lipinski definition) is 0. The SMILES string of the molecule is COCCOCCOCc1ccc(Br)nc1. The molecule has 0 radical (unpaired) electrons. The summed E-state index contributed by atoms with van der Waals surface area (Å²) in [6, 6.07) is 3.87. The highest BCUT2D eigenvalue weighted by molar-refractivity contribution is 9.10. The Morgan fingerprint density at radius 1 is 1.12 bits per heavy atom. The lowest BCUT2D eigenvalue weighted by atomic mass is 10.3. The van der Waals surface area contributed by atoms with E-state index in [1.165, 1.54) is 0 Å². The van der Waals surface area contributed by atoms with Gasteiger partial charge in [0.2, 0.25) is 0 Å². The van der Waals surface area contributed by atoms with Crippen molar-refractivity contribution in [2.75, 3.05) is 33.5 Å². The smallest absolute Gasteiger partial charge is 0.106 e. The summed E-state index contributed by atoms with van der Waals surface area (Å²) in [5, 5.41) is 0. The molecule has 16 heavy (non-hydrogen) atoms. The summed E-state index contributed by atoms with van der Waals surface area (Å²) < 4.78 is 16.4. The first-order chi connectivity index (χ1) is 7.83. The molecule has 0 atom stereocenters. The lowest BCUT2D eigenvalue weighted by Gasteiger charge is -2.05. The molecular weight excluding hydrogens is 274 g/mol. The van der Waals surface area contributed by atoms with Gasteiger partial charge in [0.1, 0.15) is 4.60 Å². The van der Waals surface area contributed by atoms with E-state index in [1.54, 1.807) is 13.3 Å². The minimum Gasteiger partial charge on any atom is -0.382 e. The van der Waals surface area contributed by atoms with Crippen LogP contribution in [0.2, 0.25) is 0 Å². The fourth-order valence-electron chi connectivity index (χ4n) is 1.04. The Morgan fingerprint density at radius 2 is 1.88 bits per heavy atom. The molecule has 0 saturated carbocycles. The molecule has 1 aromatic heterocycles. The Kier molecular flexibility index (Phi) is 7.33. The maximum absolute atomic E-state index is 5.42. The van der Waals surface area contributed by atoms with E-state index in [-0.39, 0.29) is 0 Å². The third kappa shape index (κ3) is 6.17. The molecule has 5 heteroatoms. The van der Waals surface area contributed by atoms with E-state index in [4.69, 9.17) is 14.2 Å². The summed E-state index contributed by atoms with van der Waals surface area (Å²) in [5.41, 5.74) is 1.06. The van der Waals surface area contributed by atoms with Crippen LogP contribution in [0.15, 0.2) is 22.9 Å². The van der Waals surface area contributed by atoms with Crippen molar-refractivity contribution >= 4 is 15.9 Å². The van der Waals surface area contributed by atoms with Crippen molar-refractivity contribution < 1.29 is 14.2 Å². The highest BCUT2D eigenvalue weighted by Crippen LogP contribution is 2.06. The number of halogens is 1. The third-order valence-electron chi connectivity index (χ3n) is 1.86. The van der Waals surface area contributed by atoms with Crippen molar-refractivity contribution in [3.8, 4) is 0 Å². The molecule has 0 amide bonds. The van der Waals surface area contributed by atoms with E-state index < -0.39 is 0 Å². The van der Waals surface area contributed by atoms with Crippen LogP contribution < -0.4 is 0 Å². The number of methoxy groups -OCH3 is 1. The second kappa shape index (κ2) is 8.64. The summed E-state index contributed by atoms with van der Waals surface area (Å²) in [5.74, 6) is 0. The lowest BCUT2D eigenvalue weighted by Crippen LogP contribution is -2.08. The van der Waals surface area contributed by atoms with Gasteiger partial charge in [-0.2, -0.15) is 0 Å². The van der Waals surface area contributed by atoms with E-state index in [2.05, 4.69) is 20.9 Å². The molecule has 0 aliphatic carbocycles. The van der Waals surface area contributed by atoms with Gasteiger partial charge in [-0.25, -0.2) is 4.98 Å². The fraction of sp³-hybridized carbons (Fsp3) is 0.545. The van der Waals surface area contributed by atoms with Gasteiger partial charge in [0.05, 0.1) is 33.0 Å². The molecule has 90 valence electrons. The normalized spacial score (nSPS) is 10.6. The predicted molar refractivity (Wildman–Crippen MR) is 64.3 cm³/mol. The van der Waals surface area contributed by atoms with Gasteiger partial charge in [0.15, 0.2) is 0 Å². The second-order valence-electron chi connectivity index (χ2n) is 3.15. The summed E-state index contributed by atoms with van der Waals surface area (Å²) in [6.45, 7) is 2.97. The minimum absolute atomic E-state index is 0.563. The van der Waals surface area contributed by atoms with Crippen LogP contribution in [0.3, 0.4) is 0 Å². The van der Waals surface area contributed by atoms with Crippen LogP contribution >= 0.6 is 15.9 Å². The first-order valence-corrected chi connectivity index (χ1v) is 5.87. The summed E-state index contributed by atoms with van der Waals surface area (Å²) in [4.78, 5) is 4.11. The highest BCUT2D eigenvalue weighted by atomic mass is 79.9. The average Bonchev–Trinajstić information content (AvgIpc) is 2.30. The first kappa shape index (κ1) is 13.6. The van der Waals surface area contributed by atoms with E-state index >= 15 is 0 Å². The number of hydrogen-bond acceptors (Lipinski definition) is 4. The quantitative estimate of drug-likeness (QED) is 0.542. The Bertz CT molecular complexity index is 279. The van der Waals surface area contributed by atoms with E-state index in [1.807, 2.05) is 12.1 Å². The zero-order valence-corrected chi connectivity index (χ0v) is 10.9. The molecular formula is C11H16BrNO3. The van der Waals surface area contributed by atoms with Crippen LogP contribution in [-0.4, -0.2) is 38.5 Å². The molecule has 0 saturated heterocycles. The maximum atomic E-state index is 5.42. The van der Waals surface area contributed by atoms with Crippen LogP contribution in [-0.2, 0) is 20.8 Å². The molecule has 0 fully saturated rings. The monoisotopic (exact) mass is 289 g/mol. The summed E-state index contributed by atoms with van der Waals surface area (Å²) >= 11 is 3.28. The average molecular weight is 290 g/mol. The topological polar surface area (TPSA) is 40.6 Å². The molecule has 0 bridgehead atoms. The fourth-order valence-corrected chi connectivity index (χ4v) is 1.28. The molecule has 0 aliphatic rings. The van der Waals surface area contributed by atoms with Gasteiger partial charge in [-0.3, -0.25) is 0 Å². The Hall–Kier alpha value is -0.490. The van der Waals surface area contributed by atoms with Crippen molar-refractivity contribution in [1.29, 1.82) is 0 Å². The lowest BCUT2D eigenvalue weighted by molar-refractivity contribution is 0.0199. The third-order valence-corrected chi connectivity index (χ3v) is 2.33. The number of pyridine rings is 1. The van der Waals surface area contributed by atoms with Crippen LogP contribution in [0.1, 0.15) is 5.56 Å². The Morgan fingerprint density at radius 3 is 2.56 bits per heavy atom. The van der Waals surface area contributed by atoms with Gasteiger partial charge in [0.25, 0.3) is 0 Å².